The van der Waals surface area contributed by atoms with Crippen molar-refractivity contribution >= 4 is 27.5 Å². The highest BCUT2D eigenvalue weighted by Crippen LogP contribution is 2.26. The summed E-state index contributed by atoms with van der Waals surface area (Å²) >= 11 is 0. The van der Waals surface area contributed by atoms with Crippen molar-refractivity contribution in [2.75, 3.05) is 36.4 Å². The van der Waals surface area contributed by atoms with E-state index < -0.39 is 10.0 Å². The number of aryl methyl sites for hydroxylation is 4. The summed E-state index contributed by atoms with van der Waals surface area (Å²) in [4.78, 5) is 15.5. The Balaban J connectivity index is 1.49. The molecule has 3 aromatic heterocycles. The van der Waals surface area contributed by atoms with Crippen molar-refractivity contribution in [3.63, 3.8) is 0 Å². The lowest BCUT2D eigenvalue weighted by molar-refractivity contribution is 0.377. The molecule has 0 saturated carbocycles. The van der Waals surface area contributed by atoms with E-state index in [1.807, 2.05) is 32.0 Å². The van der Waals surface area contributed by atoms with Gasteiger partial charge in [0.2, 0.25) is 10.0 Å². The third kappa shape index (κ3) is 4.37. The van der Waals surface area contributed by atoms with Crippen molar-refractivity contribution in [2.24, 2.45) is 0 Å². The van der Waals surface area contributed by atoms with Crippen molar-refractivity contribution in [1.82, 2.24) is 24.4 Å². The van der Waals surface area contributed by atoms with Gasteiger partial charge in [-0.05, 0) is 45.4 Å². The van der Waals surface area contributed by atoms with Crippen LogP contribution in [0.25, 0.3) is 0 Å². The summed E-state index contributed by atoms with van der Waals surface area (Å²) in [7, 11) is -3.65. The van der Waals surface area contributed by atoms with Crippen LogP contribution in [0.2, 0.25) is 0 Å². The molecule has 0 spiro atoms. The Labute approximate surface area is 181 Å². The van der Waals surface area contributed by atoms with Gasteiger partial charge < -0.3 is 14.7 Å². The maximum Gasteiger partial charge on any atom is 0.248 e. The highest BCUT2D eigenvalue weighted by molar-refractivity contribution is 7.89. The average Bonchev–Trinajstić information content (AvgIpc) is 3.06. The molecule has 1 aliphatic heterocycles. The average molecular weight is 444 g/mol. The minimum Gasteiger partial charge on any atom is -0.360 e. The molecule has 31 heavy (non-hydrogen) atoms. The molecule has 1 N–H and O–H groups in total. The second-order valence-corrected chi connectivity index (χ2v) is 9.42. The van der Waals surface area contributed by atoms with E-state index in [2.05, 4.69) is 30.3 Å². The Morgan fingerprint density at radius 1 is 1.00 bits per heavy atom. The normalized spacial score (nSPS) is 15.3. The molecule has 4 rings (SSSR count). The summed E-state index contributed by atoms with van der Waals surface area (Å²) in [6.45, 7) is 8.80. The number of piperazine rings is 1. The van der Waals surface area contributed by atoms with E-state index in [0.29, 0.717) is 55.1 Å². The summed E-state index contributed by atoms with van der Waals surface area (Å²) < 4.78 is 32.6. The smallest absolute Gasteiger partial charge is 0.248 e. The van der Waals surface area contributed by atoms with Crippen LogP contribution in [0.4, 0.5) is 17.5 Å². The number of sulfonamides is 1. The summed E-state index contributed by atoms with van der Waals surface area (Å²) in [5, 5.41) is 7.00. The molecule has 0 radical (unpaired) electrons. The Morgan fingerprint density at radius 2 is 1.74 bits per heavy atom. The molecule has 0 aromatic carbocycles. The number of nitrogens with zero attached hydrogens (tertiary/aromatic N) is 6. The quantitative estimate of drug-likeness (QED) is 0.634. The number of anilines is 3. The number of rotatable bonds is 5. The predicted octanol–water partition coefficient (Wildman–Crippen LogP) is 2.35. The lowest BCUT2D eigenvalue weighted by Crippen LogP contribution is -2.49. The Bertz CT molecular complexity index is 1180. The summed E-state index contributed by atoms with van der Waals surface area (Å²) in [6.07, 6.45) is 1.74. The first-order chi connectivity index (χ1) is 14.7. The van der Waals surface area contributed by atoms with Crippen LogP contribution in [0.5, 0.6) is 0 Å². The first-order valence-electron chi connectivity index (χ1n) is 9.97. The van der Waals surface area contributed by atoms with Crippen LogP contribution >= 0.6 is 0 Å². The fraction of sp³-hybridized carbons (Fsp3) is 0.400. The molecule has 10 nitrogen and oxygen atoms in total. The van der Waals surface area contributed by atoms with Gasteiger partial charge >= 0.3 is 0 Å². The lowest BCUT2D eigenvalue weighted by atomic mass is 10.3. The van der Waals surface area contributed by atoms with E-state index in [1.165, 1.54) is 4.31 Å². The molecule has 0 unspecified atom stereocenters. The lowest BCUT2D eigenvalue weighted by Gasteiger charge is -2.34. The van der Waals surface area contributed by atoms with E-state index in [9.17, 15) is 8.42 Å². The van der Waals surface area contributed by atoms with Gasteiger partial charge in [0.15, 0.2) is 5.76 Å². The molecule has 11 heteroatoms. The standard InChI is InChI=1S/C20H25N7O3S/c1-13-5-6-21-17(11-13)24-18-12-19(23-16(4)22-18)26-7-9-27(10-8-26)31(28,29)20-14(2)25-30-15(20)3/h5-6,11-12H,7-10H2,1-4H3,(H,21,22,23,24). The van der Waals surface area contributed by atoms with Gasteiger partial charge in [0.05, 0.1) is 0 Å². The van der Waals surface area contributed by atoms with E-state index in [-0.39, 0.29) is 4.90 Å². The maximum atomic E-state index is 13.0. The number of nitrogens with one attached hydrogen (secondary N) is 1. The molecule has 164 valence electrons. The van der Waals surface area contributed by atoms with Gasteiger partial charge in [-0.1, -0.05) is 5.16 Å². The molecule has 1 saturated heterocycles. The SMILES string of the molecule is Cc1ccnc(Nc2cc(N3CCN(S(=O)(=O)c4c(C)noc4C)CC3)nc(C)n2)c1. The van der Waals surface area contributed by atoms with Crippen LogP contribution in [0.1, 0.15) is 22.8 Å². The van der Waals surface area contributed by atoms with Crippen molar-refractivity contribution < 1.29 is 12.9 Å². The van der Waals surface area contributed by atoms with Crippen LogP contribution in [-0.2, 0) is 10.0 Å². The highest BCUT2D eigenvalue weighted by atomic mass is 32.2. The predicted molar refractivity (Wildman–Crippen MR) is 116 cm³/mol. The van der Waals surface area contributed by atoms with Gasteiger partial charge in [0, 0.05) is 38.4 Å². The third-order valence-corrected chi connectivity index (χ3v) is 7.27. The number of hydrogen-bond acceptors (Lipinski definition) is 9. The molecular formula is C20H25N7O3S. The Morgan fingerprint density at radius 3 is 2.39 bits per heavy atom. The molecule has 0 atom stereocenters. The minimum absolute atomic E-state index is 0.163. The molecule has 0 aliphatic carbocycles. The first-order valence-corrected chi connectivity index (χ1v) is 11.4. The molecule has 1 aliphatic rings. The van der Waals surface area contributed by atoms with E-state index in [4.69, 9.17) is 4.52 Å². The molecule has 3 aromatic rings. The minimum atomic E-state index is -3.65. The summed E-state index contributed by atoms with van der Waals surface area (Å²) in [6, 6.07) is 5.73. The highest BCUT2D eigenvalue weighted by Gasteiger charge is 2.33. The van der Waals surface area contributed by atoms with Crippen LogP contribution in [-0.4, -0.2) is 59.0 Å². The van der Waals surface area contributed by atoms with Crippen molar-refractivity contribution in [3.8, 4) is 0 Å². The fourth-order valence-electron chi connectivity index (χ4n) is 3.64. The molecule has 0 amide bonds. The molecular weight excluding hydrogens is 418 g/mol. The van der Waals surface area contributed by atoms with Gasteiger partial charge in [0.1, 0.15) is 33.9 Å². The third-order valence-electron chi connectivity index (χ3n) is 5.12. The van der Waals surface area contributed by atoms with Crippen molar-refractivity contribution in [1.29, 1.82) is 0 Å². The van der Waals surface area contributed by atoms with Crippen molar-refractivity contribution in [3.05, 3.63) is 47.2 Å². The number of pyridine rings is 1. The van der Waals surface area contributed by atoms with Gasteiger partial charge in [-0.15, -0.1) is 0 Å². The van der Waals surface area contributed by atoms with Gasteiger partial charge in [0.25, 0.3) is 0 Å². The zero-order chi connectivity index (χ0) is 22.2. The Kier molecular flexibility index (Phi) is 5.63. The number of hydrogen-bond donors (Lipinski definition) is 1. The zero-order valence-electron chi connectivity index (χ0n) is 18.0. The van der Waals surface area contributed by atoms with Crippen molar-refractivity contribution in [2.45, 2.75) is 32.6 Å². The number of aromatic nitrogens is 4. The topological polar surface area (TPSA) is 117 Å². The second-order valence-electron chi connectivity index (χ2n) is 7.55. The van der Waals surface area contributed by atoms with Gasteiger partial charge in [-0.2, -0.15) is 4.31 Å². The van der Waals surface area contributed by atoms with Gasteiger partial charge in [-0.3, -0.25) is 0 Å². The van der Waals surface area contributed by atoms with E-state index in [0.717, 1.165) is 11.4 Å². The Hall–Kier alpha value is -3.05. The molecule has 0 bridgehead atoms. The van der Waals surface area contributed by atoms with Crippen LogP contribution in [0, 0.1) is 27.7 Å². The summed E-state index contributed by atoms with van der Waals surface area (Å²) in [5.74, 6) is 3.04. The second kappa shape index (κ2) is 8.23. The monoisotopic (exact) mass is 443 g/mol. The molecule has 1 fully saturated rings. The molecule has 4 heterocycles. The maximum absolute atomic E-state index is 13.0. The largest absolute Gasteiger partial charge is 0.360 e. The van der Waals surface area contributed by atoms with Crippen LogP contribution in [0.3, 0.4) is 0 Å². The fourth-order valence-corrected chi connectivity index (χ4v) is 5.36. The van der Waals surface area contributed by atoms with E-state index >= 15 is 0 Å². The van der Waals surface area contributed by atoms with Crippen LogP contribution < -0.4 is 10.2 Å². The summed E-state index contributed by atoms with van der Waals surface area (Å²) in [5.41, 5.74) is 1.48. The van der Waals surface area contributed by atoms with Gasteiger partial charge in [-0.25, -0.2) is 23.4 Å². The van der Waals surface area contributed by atoms with Crippen LogP contribution in [0.15, 0.2) is 33.8 Å². The zero-order valence-corrected chi connectivity index (χ0v) is 18.8. The first kappa shape index (κ1) is 21.2. The van der Waals surface area contributed by atoms with E-state index in [1.54, 1.807) is 20.0 Å².